The zero-order valence-electron chi connectivity index (χ0n) is 10.8. The molecule has 2 aliphatic rings. The summed E-state index contributed by atoms with van der Waals surface area (Å²) in [5, 5.41) is 8.96. The molecule has 2 heterocycles. The van der Waals surface area contributed by atoms with Gasteiger partial charge in [0.05, 0.1) is 5.92 Å². The zero-order chi connectivity index (χ0) is 14.1. The fourth-order valence-corrected chi connectivity index (χ4v) is 2.51. The highest BCUT2D eigenvalue weighted by Gasteiger charge is 2.36. The number of carboxylic acid groups (broad SMARTS) is 1. The Morgan fingerprint density at radius 2 is 2.00 bits per heavy atom. The summed E-state index contributed by atoms with van der Waals surface area (Å²) >= 11 is 0. The fourth-order valence-electron chi connectivity index (χ4n) is 2.51. The van der Waals surface area contributed by atoms with Gasteiger partial charge in [0.1, 0.15) is 6.61 Å². The third-order valence-corrected chi connectivity index (χ3v) is 3.63. The first kappa shape index (κ1) is 12.8. The van der Waals surface area contributed by atoms with Crippen molar-refractivity contribution >= 4 is 11.9 Å². The molecule has 1 N–H and O–H groups in total. The minimum absolute atomic E-state index is 0.157. The van der Waals surface area contributed by atoms with Crippen LogP contribution in [-0.2, 0) is 9.59 Å². The van der Waals surface area contributed by atoms with Crippen LogP contribution < -0.4 is 9.47 Å². The molecule has 20 heavy (non-hydrogen) atoms. The summed E-state index contributed by atoms with van der Waals surface area (Å²) in [6.45, 7) is 0.858. The van der Waals surface area contributed by atoms with Crippen molar-refractivity contribution in [3.8, 4) is 11.5 Å². The quantitative estimate of drug-likeness (QED) is 0.863. The van der Waals surface area contributed by atoms with Crippen LogP contribution in [0.5, 0.6) is 11.5 Å². The number of fused-ring (bicyclic) bond motifs is 1. The van der Waals surface area contributed by atoms with Gasteiger partial charge in [-0.05, 0) is 18.6 Å². The molecule has 1 fully saturated rings. The smallest absolute Gasteiger partial charge is 0.308 e. The number of benzene rings is 1. The van der Waals surface area contributed by atoms with Gasteiger partial charge in [-0.15, -0.1) is 0 Å². The van der Waals surface area contributed by atoms with Gasteiger partial charge < -0.3 is 19.5 Å². The van der Waals surface area contributed by atoms with Crippen molar-refractivity contribution in [2.75, 3.05) is 19.7 Å². The molecule has 6 nitrogen and oxygen atoms in total. The third kappa shape index (κ3) is 2.29. The maximum atomic E-state index is 12.3. The Labute approximate surface area is 115 Å². The summed E-state index contributed by atoms with van der Waals surface area (Å²) in [6.07, 6.45) is -0.206. The van der Waals surface area contributed by atoms with E-state index in [4.69, 9.17) is 14.6 Å². The van der Waals surface area contributed by atoms with Gasteiger partial charge in [-0.25, -0.2) is 0 Å². The highest BCUT2D eigenvalue weighted by atomic mass is 16.6. The molecule has 0 radical (unpaired) electrons. The van der Waals surface area contributed by atoms with Crippen LogP contribution in [0.2, 0.25) is 0 Å². The molecule has 0 unspecified atom stereocenters. The minimum Gasteiger partial charge on any atom is -0.485 e. The van der Waals surface area contributed by atoms with E-state index < -0.39 is 18.0 Å². The van der Waals surface area contributed by atoms with Crippen LogP contribution in [-0.4, -0.2) is 47.7 Å². The highest BCUT2D eigenvalue weighted by Crippen LogP contribution is 2.31. The zero-order valence-corrected chi connectivity index (χ0v) is 10.8. The summed E-state index contributed by atoms with van der Waals surface area (Å²) in [6, 6.07) is 7.18. The van der Waals surface area contributed by atoms with Crippen LogP contribution >= 0.6 is 0 Å². The van der Waals surface area contributed by atoms with Gasteiger partial charge in [-0.3, -0.25) is 9.59 Å². The van der Waals surface area contributed by atoms with E-state index in [0.717, 1.165) is 0 Å². The standard InChI is InChI=1S/C14H15NO5/c16-13(15-6-5-9(7-15)14(17)18)12-8-19-10-3-1-2-4-11(10)20-12/h1-4,9,12H,5-8H2,(H,17,18)/t9-,12-/m0/s1. The number of para-hydroxylation sites is 2. The summed E-state index contributed by atoms with van der Waals surface area (Å²) < 4.78 is 11.1. The molecular weight excluding hydrogens is 262 g/mol. The van der Waals surface area contributed by atoms with Gasteiger partial charge >= 0.3 is 5.97 Å². The van der Waals surface area contributed by atoms with E-state index in [1.165, 1.54) is 0 Å². The predicted octanol–water partition coefficient (Wildman–Crippen LogP) is 0.759. The van der Waals surface area contributed by atoms with Gasteiger partial charge in [0, 0.05) is 13.1 Å². The number of nitrogens with zero attached hydrogens (tertiary/aromatic N) is 1. The average Bonchev–Trinajstić information content (AvgIpc) is 2.96. The summed E-state index contributed by atoms with van der Waals surface area (Å²) in [7, 11) is 0. The second-order valence-corrected chi connectivity index (χ2v) is 4.97. The summed E-state index contributed by atoms with van der Waals surface area (Å²) in [5.74, 6) is -0.363. The van der Waals surface area contributed by atoms with Crippen molar-refractivity contribution in [2.24, 2.45) is 5.92 Å². The summed E-state index contributed by atoms with van der Waals surface area (Å²) in [5.41, 5.74) is 0. The molecular formula is C14H15NO5. The predicted molar refractivity (Wildman–Crippen MR) is 68.7 cm³/mol. The first-order valence-electron chi connectivity index (χ1n) is 6.55. The first-order chi connectivity index (χ1) is 9.65. The molecule has 2 aliphatic heterocycles. The lowest BCUT2D eigenvalue weighted by Gasteiger charge is -2.28. The number of aliphatic carboxylic acids is 1. The maximum Gasteiger partial charge on any atom is 0.308 e. The lowest BCUT2D eigenvalue weighted by Crippen LogP contribution is -2.45. The van der Waals surface area contributed by atoms with E-state index in [1.54, 1.807) is 17.0 Å². The molecule has 0 saturated carbocycles. The lowest BCUT2D eigenvalue weighted by atomic mass is 10.1. The Morgan fingerprint density at radius 1 is 1.25 bits per heavy atom. The number of rotatable bonds is 2. The van der Waals surface area contributed by atoms with Crippen molar-refractivity contribution in [3.05, 3.63) is 24.3 Å². The van der Waals surface area contributed by atoms with Crippen LogP contribution in [0, 0.1) is 5.92 Å². The van der Waals surface area contributed by atoms with E-state index in [-0.39, 0.29) is 19.1 Å². The molecule has 2 atom stereocenters. The molecule has 1 amide bonds. The minimum atomic E-state index is -0.855. The Balaban J connectivity index is 1.66. The molecule has 0 aromatic heterocycles. The topological polar surface area (TPSA) is 76.1 Å². The fraction of sp³-hybridized carbons (Fsp3) is 0.429. The number of ether oxygens (including phenoxy) is 2. The molecule has 1 aromatic rings. The van der Waals surface area contributed by atoms with Gasteiger partial charge in [-0.2, -0.15) is 0 Å². The monoisotopic (exact) mass is 277 g/mol. The maximum absolute atomic E-state index is 12.3. The number of carbonyl (C=O) groups is 2. The Kier molecular flexibility index (Phi) is 3.22. The number of carbonyl (C=O) groups excluding carboxylic acids is 1. The molecule has 0 aliphatic carbocycles. The SMILES string of the molecule is O=C(O)[C@H]1CCN(C(=O)[C@@H]2COc3ccccc3O2)C1. The van der Waals surface area contributed by atoms with E-state index in [9.17, 15) is 9.59 Å². The number of amides is 1. The molecule has 106 valence electrons. The molecule has 1 aromatic carbocycles. The lowest BCUT2D eigenvalue weighted by molar-refractivity contribution is -0.142. The molecule has 0 spiro atoms. The van der Waals surface area contributed by atoms with Gasteiger partial charge in [0.25, 0.3) is 5.91 Å². The van der Waals surface area contributed by atoms with Gasteiger partial charge in [0.2, 0.25) is 6.10 Å². The van der Waals surface area contributed by atoms with E-state index in [0.29, 0.717) is 24.5 Å². The van der Waals surface area contributed by atoms with E-state index in [2.05, 4.69) is 0 Å². The largest absolute Gasteiger partial charge is 0.485 e. The van der Waals surface area contributed by atoms with E-state index >= 15 is 0 Å². The first-order valence-corrected chi connectivity index (χ1v) is 6.55. The van der Waals surface area contributed by atoms with Gasteiger partial charge in [0.15, 0.2) is 11.5 Å². The van der Waals surface area contributed by atoms with Gasteiger partial charge in [-0.1, -0.05) is 12.1 Å². The second kappa shape index (κ2) is 5.03. The number of likely N-dealkylation sites (tertiary alicyclic amines) is 1. The van der Waals surface area contributed by atoms with Crippen LogP contribution in [0.4, 0.5) is 0 Å². The number of hydrogen-bond acceptors (Lipinski definition) is 4. The highest BCUT2D eigenvalue weighted by molar-refractivity contribution is 5.83. The normalized spacial score (nSPS) is 24.5. The molecule has 1 saturated heterocycles. The van der Waals surface area contributed by atoms with Crippen molar-refractivity contribution in [1.29, 1.82) is 0 Å². The molecule has 3 rings (SSSR count). The third-order valence-electron chi connectivity index (χ3n) is 3.63. The van der Waals surface area contributed by atoms with Crippen LogP contribution in [0.25, 0.3) is 0 Å². The van der Waals surface area contributed by atoms with Crippen LogP contribution in [0.3, 0.4) is 0 Å². The van der Waals surface area contributed by atoms with Crippen molar-refractivity contribution in [1.82, 2.24) is 4.90 Å². The molecule has 6 heteroatoms. The Hall–Kier alpha value is -2.24. The van der Waals surface area contributed by atoms with E-state index in [1.807, 2.05) is 12.1 Å². The van der Waals surface area contributed by atoms with Crippen LogP contribution in [0.1, 0.15) is 6.42 Å². The van der Waals surface area contributed by atoms with Crippen LogP contribution in [0.15, 0.2) is 24.3 Å². The Morgan fingerprint density at radius 3 is 2.70 bits per heavy atom. The van der Waals surface area contributed by atoms with Crippen molar-refractivity contribution in [2.45, 2.75) is 12.5 Å². The Bertz CT molecular complexity index is 544. The van der Waals surface area contributed by atoms with Crippen molar-refractivity contribution < 1.29 is 24.2 Å². The van der Waals surface area contributed by atoms with Crippen molar-refractivity contribution in [3.63, 3.8) is 0 Å². The molecule has 0 bridgehead atoms. The number of hydrogen-bond donors (Lipinski definition) is 1. The summed E-state index contributed by atoms with van der Waals surface area (Å²) in [4.78, 5) is 24.8. The average molecular weight is 277 g/mol. The number of carboxylic acids is 1. The second-order valence-electron chi connectivity index (χ2n) is 4.97.